The molecule has 0 aliphatic rings. The first kappa shape index (κ1) is 13.0. The lowest BCUT2D eigenvalue weighted by Crippen LogP contribution is -2.14. The number of benzene rings is 1. The van der Waals surface area contributed by atoms with Crippen LogP contribution < -0.4 is 10.6 Å². The van der Waals surface area contributed by atoms with Crippen molar-refractivity contribution >= 4 is 16.8 Å². The van der Waals surface area contributed by atoms with E-state index in [1.165, 1.54) is 12.0 Å². The molecular weight excluding hydrogens is 270 g/mol. The normalized spacial score (nSPS) is 10.8. The molecule has 21 heavy (non-hydrogen) atoms. The van der Waals surface area contributed by atoms with E-state index in [2.05, 4.69) is 15.1 Å². The van der Waals surface area contributed by atoms with Crippen molar-refractivity contribution in [1.29, 1.82) is 0 Å². The van der Waals surface area contributed by atoms with E-state index in [9.17, 15) is 4.79 Å². The minimum absolute atomic E-state index is 0.168. The maximum absolute atomic E-state index is 11.5. The first-order chi connectivity index (χ1) is 10.1. The predicted molar refractivity (Wildman–Crippen MR) is 76.5 cm³/mol. The number of rotatable bonds is 3. The summed E-state index contributed by atoms with van der Waals surface area (Å²) in [4.78, 5) is 26.2. The zero-order valence-electron chi connectivity index (χ0n) is 11.6. The fourth-order valence-corrected chi connectivity index (χ4v) is 2.13. The molecule has 7 nitrogen and oxygen atoms in total. The van der Waals surface area contributed by atoms with Gasteiger partial charge in [-0.2, -0.15) is 0 Å². The van der Waals surface area contributed by atoms with Crippen LogP contribution >= 0.6 is 0 Å². The largest absolute Gasteiger partial charge is 0.399 e. The van der Waals surface area contributed by atoms with Crippen LogP contribution in [0.15, 0.2) is 30.6 Å². The van der Waals surface area contributed by atoms with Crippen LogP contribution in [-0.4, -0.2) is 32.9 Å². The van der Waals surface area contributed by atoms with E-state index in [1.54, 1.807) is 12.4 Å². The van der Waals surface area contributed by atoms with Gasteiger partial charge in [0.2, 0.25) is 0 Å². The molecule has 0 radical (unpaired) electrons. The Balaban J connectivity index is 2.21. The van der Waals surface area contributed by atoms with Gasteiger partial charge in [0.25, 0.3) is 5.91 Å². The zero-order chi connectivity index (χ0) is 15.0. The monoisotopic (exact) mass is 283 g/mol. The molecule has 1 aromatic carbocycles. The topological polar surface area (TPSA) is 95.9 Å². The highest BCUT2D eigenvalue weighted by atomic mass is 16.7. The molecule has 0 spiro atoms. The molecule has 0 saturated carbocycles. The Morgan fingerprint density at radius 1 is 1.24 bits per heavy atom. The number of carbonyl (C=O) groups excluding carboxylic acids is 1. The van der Waals surface area contributed by atoms with Gasteiger partial charge in [-0.25, -0.2) is 9.97 Å². The molecule has 0 bridgehead atoms. The summed E-state index contributed by atoms with van der Waals surface area (Å²) in [5.41, 5.74) is 7.92. The maximum atomic E-state index is 11.5. The van der Waals surface area contributed by atoms with Crippen molar-refractivity contribution in [3.8, 4) is 11.1 Å². The molecule has 0 aliphatic heterocycles. The third-order valence-corrected chi connectivity index (χ3v) is 3.17. The van der Waals surface area contributed by atoms with Gasteiger partial charge in [0.05, 0.1) is 0 Å². The molecule has 0 atom stereocenters. The molecule has 0 fully saturated rings. The van der Waals surface area contributed by atoms with Crippen LogP contribution in [0.4, 0.5) is 0 Å². The second-order valence-electron chi connectivity index (χ2n) is 4.52. The number of aryl methyl sites for hydroxylation is 1. The van der Waals surface area contributed by atoms with Gasteiger partial charge in [0.1, 0.15) is 18.5 Å². The van der Waals surface area contributed by atoms with E-state index in [4.69, 9.17) is 10.6 Å². The average molecular weight is 283 g/mol. The second kappa shape index (κ2) is 4.86. The van der Waals surface area contributed by atoms with E-state index >= 15 is 0 Å². The minimum Gasteiger partial charge on any atom is -0.399 e. The Morgan fingerprint density at radius 3 is 2.57 bits per heavy atom. The summed E-state index contributed by atoms with van der Waals surface area (Å²) in [6.07, 6.45) is 3.46. The fraction of sp³-hybridized carbons (Fsp3) is 0.143. The van der Waals surface area contributed by atoms with Crippen molar-refractivity contribution in [1.82, 2.24) is 19.9 Å². The van der Waals surface area contributed by atoms with Gasteiger partial charge in [0.15, 0.2) is 5.69 Å². The molecule has 0 aliphatic carbocycles. The first-order valence-corrected chi connectivity index (χ1v) is 6.26. The molecule has 2 aromatic heterocycles. The van der Waals surface area contributed by atoms with Crippen LogP contribution in [0, 0.1) is 6.92 Å². The molecule has 2 N–H and O–H groups in total. The Kier molecular flexibility index (Phi) is 3.02. The van der Waals surface area contributed by atoms with Gasteiger partial charge >= 0.3 is 0 Å². The smallest absolute Gasteiger partial charge is 0.269 e. The van der Waals surface area contributed by atoms with Gasteiger partial charge in [0, 0.05) is 23.3 Å². The molecule has 2 heterocycles. The number of primary amides is 1. The van der Waals surface area contributed by atoms with E-state index in [-0.39, 0.29) is 5.69 Å². The van der Waals surface area contributed by atoms with Crippen molar-refractivity contribution in [2.45, 2.75) is 6.92 Å². The van der Waals surface area contributed by atoms with Crippen molar-refractivity contribution in [3.63, 3.8) is 0 Å². The number of nitrogens with two attached hydrogens (primary N) is 1. The summed E-state index contributed by atoms with van der Waals surface area (Å²) in [5.74, 6) is 0.0953. The Hall–Kier alpha value is -2.96. The third-order valence-electron chi connectivity index (χ3n) is 3.17. The third kappa shape index (κ3) is 2.18. The predicted octanol–water partition coefficient (Wildman–Crippen LogP) is 0.959. The van der Waals surface area contributed by atoms with E-state index in [1.807, 2.05) is 25.1 Å². The van der Waals surface area contributed by atoms with E-state index in [0.29, 0.717) is 16.7 Å². The summed E-state index contributed by atoms with van der Waals surface area (Å²) in [6, 6.07) is 5.53. The van der Waals surface area contributed by atoms with Crippen LogP contribution in [0.25, 0.3) is 22.0 Å². The Morgan fingerprint density at radius 2 is 1.95 bits per heavy atom. The van der Waals surface area contributed by atoms with Gasteiger partial charge in [-0.1, -0.05) is 10.9 Å². The SMILES string of the molecule is COn1nc(C(N)=O)c2cc(-c3cnc(C)nc3)ccc21. The van der Waals surface area contributed by atoms with E-state index in [0.717, 1.165) is 11.1 Å². The average Bonchev–Trinajstić information content (AvgIpc) is 2.86. The van der Waals surface area contributed by atoms with Crippen molar-refractivity contribution in [3.05, 3.63) is 42.1 Å². The van der Waals surface area contributed by atoms with Crippen LogP contribution in [0.5, 0.6) is 0 Å². The first-order valence-electron chi connectivity index (χ1n) is 6.26. The Bertz CT molecular complexity index is 823. The Labute approximate surface area is 120 Å². The molecule has 3 rings (SSSR count). The maximum Gasteiger partial charge on any atom is 0.269 e. The van der Waals surface area contributed by atoms with Crippen molar-refractivity contribution < 1.29 is 9.63 Å². The highest BCUT2D eigenvalue weighted by Crippen LogP contribution is 2.25. The number of nitrogens with zero attached hydrogens (tertiary/aromatic N) is 4. The second-order valence-corrected chi connectivity index (χ2v) is 4.52. The lowest BCUT2D eigenvalue weighted by Gasteiger charge is -2.03. The molecule has 106 valence electrons. The molecule has 7 heteroatoms. The highest BCUT2D eigenvalue weighted by Gasteiger charge is 2.16. The fourth-order valence-electron chi connectivity index (χ4n) is 2.13. The van der Waals surface area contributed by atoms with Crippen LogP contribution in [-0.2, 0) is 0 Å². The van der Waals surface area contributed by atoms with Gasteiger partial charge in [-0.15, -0.1) is 5.10 Å². The highest BCUT2D eigenvalue weighted by molar-refractivity contribution is 6.05. The van der Waals surface area contributed by atoms with Crippen LogP contribution in [0.2, 0.25) is 0 Å². The number of aromatic nitrogens is 4. The summed E-state index contributed by atoms with van der Waals surface area (Å²) >= 11 is 0. The standard InChI is InChI=1S/C14H13N5O2/c1-8-16-6-10(7-17-8)9-3-4-12-11(5-9)13(14(15)20)18-19(12)21-2/h3-7H,1-2H3,(H2,15,20). The summed E-state index contributed by atoms with van der Waals surface area (Å²) in [5, 5.41) is 4.67. The molecular formula is C14H13N5O2. The van der Waals surface area contributed by atoms with Crippen LogP contribution in [0.3, 0.4) is 0 Å². The zero-order valence-corrected chi connectivity index (χ0v) is 11.6. The minimum atomic E-state index is -0.604. The quantitative estimate of drug-likeness (QED) is 0.772. The molecule has 3 aromatic rings. The summed E-state index contributed by atoms with van der Waals surface area (Å²) in [7, 11) is 1.47. The summed E-state index contributed by atoms with van der Waals surface area (Å²) < 4.78 is 0. The number of hydrogen-bond acceptors (Lipinski definition) is 5. The van der Waals surface area contributed by atoms with Gasteiger partial charge in [-0.05, 0) is 24.6 Å². The van der Waals surface area contributed by atoms with Gasteiger partial charge < -0.3 is 10.6 Å². The number of amides is 1. The van der Waals surface area contributed by atoms with Crippen molar-refractivity contribution in [2.75, 3.05) is 7.11 Å². The van der Waals surface area contributed by atoms with Crippen LogP contribution in [0.1, 0.15) is 16.3 Å². The summed E-state index contributed by atoms with van der Waals surface area (Å²) in [6.45, 7) is 1.82. The number of hydrogen-bond donors (Lipinski definition) is 1. The number of fused-ring (bicyclic) bond motifs is 1. The van der Waals surface area contributed by atoms with E-state index < -0.39 is 5.91 Å². The number of carbonyl (C=O) groups is 1. The van der Waals surface area contributed by atoms with Gasteiger partial charge in [-0.3, -0.25) is 4.79 Å². The molecule has 0 unspecified atom stereocenters. The lowest BCUT2D eigenvalue weighted by atomic mass is 10.1. The molecule has 0 saturated heterocycles. The van der Waals surface area contributed by atoms with Crippen molar-refractivity contribution in [2.24, 2.45) is 5.73 Å². The lowest BCUT2D eigenvalue weighted by molar-refractivity contribution is 0.0983. The molecule has 1 amide bonds.